The van der Waals surface area contributed by atoms with Crippen molar-refractivity contribution in [1.29, 1.82) is 0 Å². The van der Waals surface area contributed by atoms with Crippen LogP contribution in [0.25, 0.3) is 0 Å². The van der Waals surface area contributed by atoms with E-state index in [0.717, 1.165) is 38.3 Å². The van der Waals surface area contributed by atoms with Crippen LogP contribution in [0, 0.1) is 6.92 Å². The molecule has 0 aliphatic rings. The molecular weight excluding hydrogens is 353 g/mol. The number of aliphatic imine (C=N–C) groups is 1. The number of rotatable bonds is 7. The molecule has 0 bridgehead atoms. The molecule has 108 valence electrons. The third-order valence-corrected chi connectivity index (χ3v) is 2.51. The quantitative estimate of drug-likeness (QED) is 0.332. The van der Waals surface area contributed by atoms with Crippen LogP contribution in [0.15, 0.2) is 29.3 Å². The highest BCUT2D eigenvalue weighted by Crippen LogP contribution is 2.07. The van der Waals surface area contributed by atoms with Crippen LogP contribution in [0.4, 0.5) is 5.69 Å². The van der Waals surface area contributed by atoms with E-state index in [-0.39, 0.29) is 24.0 Å². The lowest BCUT2D eigenvalue weighted by Crippen LogP contribution is -2.22. The van der Waals surface area contributed by atoms with Crippen molar-refractivity contribution < 1.29 is 4.74 Å². The Kier molecular flexibility index (Phi) is 10.6. The molecular formula is C14H24IN3O. The van der Waals surface area contributed by atoms with Crippen molar-refractivity contribution in [3.63, 3.8) is 0 Å². The second-order valence-corrected chi connectivity index (χ2v) is 4.16. The Morgan fingerprint density at radius 1 is 1.26 bits per heavy atom. The van der Waals surface area contributed by atoms with Gasteiger partial charge in [0, 0.05) is 25.4 Å². The van der Waals surface area contributed by atoms with Crippen LogP contribution >= 0.6 is 24.0 Å². The summed E-state index contributed by atoms with van der Waals surface area (Å²) in [7, 11) is 0. The number of benzene rings is 1. The molecule has 0 heterocycles. The zero-order valence-corrected chi connectivity index (χ0v) is 14.0. The fourth-order valence-electron chi connectivity index (χ4n) is 1.48. The summed E-state index contributed by atoms with van der Waals surface area (Å²) in [5.74, 6) is 0.468. The van der Waals surface area contributed by atoms with Gasteiger partial charge in [0.1, 0.15) is 0 Å². The minimum atomic E-state index is 0. The first-order valence-electron chi connectivity index (χ1n) is 6.43. The van der Waals surface area contributed by atoms with Gasteiger partial charge in [-0.2, -0.15) is 0 Å². The van der Waals surface area contributed by atoms with Crippen molar-refractivity contribution >= 4 is 35.6 Å². The standard InChI is InChI=1S/C14H23N3O.HI/c1-3-18-11-5-4-10-16-14(15)17-13-8-6-12(2)7-9-13;/h6-9H,3-5,10-11H2,1-2H3,(H3,15,16,17);1H. The molecule has 3 N–H and O–H groups in total. The van der Waals surface area contributed by atoms with Gasteiger partial charge in [0.05, 0.1) is 0 Å². The zero-order chi connectivity index (χ0) is 13.2. The average Bonchev–Trinajstić information content (AvgIpc) is 2.36. The summed E-state index contributed by atoms with van der Waals surface area (Å²) in [6.07, 6.45) is 2.02. The maximum absolute atomic E-state index is 5.79. The van der Waals surface area contributed by atoms with Gasteiger partial charge in [-0.15, -0.1) is 24.0 Å². The van der Waals surface area contributed by atoms with Gasteiger partial charge in [-0.05, 0) is 38.8 Å². The van der Waals surface area contributed by atoms with Gasteiger partial charge >= 0.3 is 0 Å². The molecule has 0 radical (unpaired) electrons. The second kappa shape index (κ2) is 11.0. The Bertz CT molecular complexity index is 365. The number of nitrogens with one attached hydrogen (secondary N) is 1. The predicted octanol–water partition coefficient (Wildman–Crippen LogP) is 3.16. The van der Waals surface area contributed by atoms with Crippen LogP contribution in [0.3, 0.4) is 0 Å². The molecule has 0 saturated heterocycles. The lowest BCUT2D eigenvalue weighted by Gasteiger charge is -2.06. The van der Waals surface area contributed by atoms with Crippen LogP contribution < -0.4 is 11.1 Å². The maximum atomic E-state index is 5.79. The number of hydrogen-bond donors (Lipinski definition) is 2. The molecule has 5 heteroatoms. The molecule has 0 fully saturated rings. The SMILES string of the molecule is CCOCCCCN=C(N)Nc1ccc(C)cc1.I. The van der Waals surface area contributed by atoms with Gasteiger partial charge in [0.2, 0.25) is 0 Å². The van der Waals surface area contributed by atoms with E-state index < -0.39 is 0 Å². The van der Waals surface area contributed by atoms with E-state index in [1.54, 1.807) is 0 Å². The van der Waals surface area contributed by atoms with Gasteiger partial charge in [0.15, 0.2) is 5.96 Å². The first-order valence-corrected chi connectivity index (χ1v) is 6.43. The molecule has 1 aromatic rings. The number of ether oxygens (including phenoxy) is 1. The highest BCUT2D eigenvalue weighted by atomic mass is 127. The summed E-state index contributed by atoms with van der Waals surface area (Å²) in [6.45, 7) is 6.37. The summed E-state index contributed by atoms with van der Waals surface area (Å²) in [6, 6.07) is 8.06. The van der Waals surface area contributed by atoms with E-state index in [4.69, 9.17) is 10.5 Å². The number of nitrogens with two attached hydrogens (primary N) is 1. The number of guanidine groups is 1. The van der Waals surface area contributed by atoms with E-state index in [1.807, 2.05) is 31.2 Å². The number of aryl methyl sites for hydroxylation is 1. The Hall–Kier alpha value is -0.820. The minimum absolute atomic E-state index is 0. The molecule has 0 aliphatic carbocycles. The number of halogens is 1. The van der Waals surface area contributed by atoms with Gasteiger partial charge in [-0.25, -0.2) is 0 Å². The third kappa shape index (κ3) is 8.83. The van der Waals surface area contributed by atoms with Crippen molar-refractivity contribution in [3.05, 3.63) is 29.8 Å². The van der Waals surface area contributed by atoms with Crippen LogP contribution in [0.2, 0.25) is 0 Å². The Labute approximate surface area is 132 Å². The van der Waals surface area contributed by atoms with Gasteiger partial charge < -0.3 is 15.8 Å². The molecule has 0 saturated carbocycles. The molecule has 4 nitrogen and oxygen atoms in total. The number of hydrogen-bond acceptors (Lipinski definition) is 2. The molecule has 0 unspecified atom stereocenters. The fourth-order valence-corrected chi connectivity index (χ4v) is 1.48. The summed E-state index contributed by atoms with van der Waals surface area (Å²) < 4.78 is 5.25. The molecule has 0 atom stereocenters. The number of nitrogens with zero attached hydrogens (tertiary/aromatic N) is 1. The van der Waals surface area contributed by atoms with E-state index in [1.165, 1.54) is 5.56 Å². The summed E-state index contributed by atoms with van der Waals surface area (Å²) >= 11 is 0. The molecule has 0 aromatic heterocycles. The van der Waals surface area contributed by atoms with Gasteiger partial charge in [0.25, 0.3) is 0 Å². The second-order valence-electron chi connectivity index (χ2n) is 4.16. The van der Waals surface area contributed by atoms with E-state index >= 15 is 0 Å². The topological polar surface area (TPSA) is 59.6 Å². The van der Waals surface area contributed by atoms with Crippen molar-refractivity contribution in [2.75, 3.05) is 25.1 Å². The third-order valence-electron chi connectivity index (χ3n) is 2.51. The van der Waals surface area contributed by atoms with E-state index in [2.05, 4.69) is 17.2 Å². The number of unbranched alkanes of at least 4 members (excludes halogenated alkanes) is 1. The van der Waals surface area contributed by atoms with Crippen LogP contribution in [-0.2, 0) is 4.74 Å². The van der Waals surface area contributed by atoms with E-state index in [0.29, 0.717) is 5.96 Å². The monoisotopic (exact) mass is 377 g/mol. The summed E-state index contributed by atoms with van der Waals surface area (Å²) in [5, 5.41) is 3.07. The Morgan fingerprint density at radius 2 is 1.95 bits per heavy atom. The normalized spacial score (nSPS) is 10.9. The molecule has 0 amide bonds. The fraction of sp³-hybridized carbons (Fsp3) is 0.500. The van der Waals surface area contributed by atoms with Crippen molar-refractivity contribution in [3.8, 4) is 0 Å². The average molecular weight is 377 g/mol. The lowest BCUT2D eigenvalue weighted by molar-refractivity contribution is 0.144. The number of anilines is 1. The first-order chi connectivity index (χ1) is 8.72. The van der Waals surface area contributed by atoms with Crippen LogP contribution in [0.1, 0.15) is 25.3 Å². The Morgan fingerprint density at radius 3 is 2.58 bits per heavy atom. The van der Waals surface area contributed by atoms with Crippen molar-refractivity contribution in [1.82, 2.24) is 0 Å². The summed E-state index contributed by atoms with van der Waals surface area (Å²) in [4.78, 5) is 4.27. The maximum Gasteiger partial charge on any atom is 0.193 e. The van der Waals surface area contributed by atoms with E-state index in [9.17, 15) is 0 Å². The lowest BCUT2D eigenvalue weighted by atomic mass is 10.2. The van der Waals surface area contributed by atoms with Gasteiger partial charge in [-0.1, -0.05) is 17.7 Å². The highest BCUT2D eigenvalue weighted by Gasteiger charge is 1.94. The molecule has 0 aliphatic heterocycles. The van der Waals surface area contributed by atoms with Gasteiger partial charge in [-0.3, -0.25) is 4.99 Å². The molecule has 0 spiro atoms. The first kappa shape index (κ1) is 18.2. The van der Waals surface area contributed by atoms with Crippen LogP contribution in [0.5, 0.6) is 0 Å². The Balaban J connectivity index is 0.00000324. The molecule has 19 heavy (non-hydrogen) atoms. The molecule has 1 aromatic carbocycles. The van der Waals surface area contributed by atoms with Crippen molar-refractivity contribution in [2.24, 2.45) is 10.7 Å². The van der Waals surface area contributed by atoms with Crippen molar-refractivity contribution in [2.45, 2.75) is 26.7 Å². The predicted molar refractivity (Wildman–Crippen MR) is 92.4 cm³/mol. The zero-order valence-electron chi connectivity index (χ0n) is 11.7. The highest BCUT2D eigenvalue weighted by molar-refractivity contribution is 14.0. The summed E-state index contributed by atoms with van der Waals surface area (Å²) in [5.41, 5.74) is 7.99. The minimum Gasteiger partial charge on any atom is -0.382 e. The van der Waals surface area contributed by atoms with Crippen LogP contribution in [-0.4, -0.2) is 25.7 Å². The largest absolute Gasteiger partial charge is 0.382 e. The smallest absolute Gasteiger partial charge is 0.193 e. The molecule has 1 rings (SSSR count).